The Morgan fingerprint density at radius 2 is 1.63 bits per heavy atom. The van der Waals surface area contributed by atoms with Gasteiger partial charge in [-0.3, -0.25) is 0 Å². The second-order valence-corrected chi connectivity index (χ2v) is 11.0. The number of benzene rings is 3. The van der Waals surface area contributed by atoms with Gasteiger partial charge in [0.25, 0.3) is 0 Å². The number of allylic oxidation sites excluding steroid dienone is 6. The molecule has 172 valence electrons. The van der Waals surface area contributed by atoms with E-state index in [9.17, 15) is 0 Å². The van der Waals surface area contributed by atoms with Gasteiger partial charge < -0.3 is 4.74 Å². The summed E-state index contributed by atoms with van der Waals surface area (Å²) in [5.41, 5.74) is 12.1. The van der Waals surface area contributed by atoms with Crippen LogP contribution in [0.5, 0.6) is 5.75 Å². The second-order valence-electron chi connectivity index (χ2n) is 11.0. The normalized spacial score (nSPS) is 24.9. The quantitative estimate of drug-likeness (QED) is 0.377. The lowest BCUT2D eigenvalue weighted by atomic mass is 9.77. The molecule has 1 heteroatoms. The van der Waals surface area contributed by atoms with Gasteiger partial charge in [0.05, 0.1) is 0 Å². The van der Waals surface area contributed by atoms with Crippen molar-refractivity contribution in [2.24, 2.45) is 5.92 Å². The van der Waals surface area contributed by atoms with E-state index in [0.717, 1.165) is 12.2 Å². The minimum Gasteiger partial charge on any atom is -0.484 e. The van der Waals surface area contributed by atoms with Gasteiger partial charge in [-0.2, -0.15) is 0 Å². The van der Waals surface area contributed by atoms with E-state index in [1.807, 2.05) is 0 Å². The Morgan fingerprint density at radius 1 is 0.857 bits per heavy atom. The zero-order valence-corrected chi connectivity index (χ0v) is 20.6. The van der Waals surface area contributed by atoms with Gasteiger partial charge in [-0.1, -0.05) is 106 Å². The first kappa shape index (κ1) is 20.8. The summed E-state index contributed by atoms with van der Waals surface area (Å²) >= 11 is 0. The zero-order valence-electron chi connectivity index (χ0n) is 20.6. The van der Waals surface area contributed by atoms with E-state index >= 15 is 0 Å². The molecule has 0 radical (unpaired) electrons. The molecule has 4 aliphatic rings. The fourth-order valence-corrected chi connectivity index (χ4v) is 6.54. The number of hydrogen-bond acceptors (Lipinski definition) is 1. The summed E-state index contributed by atoms with van der Waals surface area (Å²) in [6.07, 6.45) is 12.6. The third kappa shape index (κ3) is 3.07. The summed E-state index contributed by atoms with van der Waals surface area (Å²) in [4.78, 5) is 0. The van der Waals surface area contributed by atoms with Crippen LogP contribution in [0.4, 0.5) is 0 Å². The molecule has 0 spiro atoms. The van der Waals surface area contributed by atoms with Gasteiger partial charge in [0, 0.05) is 22.5 Å². The van der Waals surface area contributed by atoms with Crippen LogP contribution >= 0.6 is 0 Å². The third-order valence-electron chi connectivity index (χ3n) is 8.43. The van der Waals surface area contributed by atoms with E-state index < -0.39 is 0 Å². The summed E-state index contributed by atoms with van der Waals surface area (Å²) in [6, 6.07) is 24.7. The fraction of sp³-hybridized carbons (Fsp3) is 0.235. The summed E-state index contributed by atoms with van der Waals surface area (Å²) in [7, 11) is 0. The van der Waals surface area contributed by atoms with E-state index in [-0.39, 0.29) is 17.4 Å². The molecular weight excluding hydrogens is 424 g/mol. The number of hydrogen-bond donors (Lipinski definition) is 0. The number of rotatable bonds is 2. The van der Waals surface area contributed by atoms with Crippen LogP contribution in [0.15, 0.2) is 103 Å². The van der Waals surface area contributed by atoms with Crippen LogP contribution in [-0.2, 0) is 5.41 Å². The van der Waals surface area contributed by atoms with E-state index in [1.165, 1.54) is 50.1 Å². The summed E-state index contributed by atoms with van der Waals surface area (Å²) in [6.45, 7) is 6.98. The van der Waals surface area contributed by atoms with Crippen molar-refractivity contribution in [2.45, 2.75) is 44.6 Å². The number of ether oxygens (including phenoxy) is 1. The monoisotopic (exact) mass is 454 g/mol. The Hall–Kier alpha value is -3.58. The topological polar surface area (TPSA) is 9.23 Å². The minimum atomic E-state index is -0.0235. The SMILES string of the molecule is CC1C=CC=C(c2ccc(-c3ccc4c(c3)C3=C(C=CC5c6ccccc6OC35)C4(C)C)cc2)C1. The molecule has 0 aromatic heterocycles. The molecule has 3 atom stereocenters. The maximum atomic E-state index is 6.59. The van der Waals surface area contributed by atoms with Crippen molar-refractivity contribution in [1.29, 1.82) is 0 Å². The standard InChI is InChI=1S/C34H30O/c1-21-7-6-8-24(19-21)22-11-13-23(14-12-22)25-15-17-29-28(20-25)32-30(34(29,2)3)18-16-27-26-9-4-5-10-31(26)35-33(27)32/h4-18,20-21,27,33H,19H2,1-3H3. The van der Waals surface area contributed by atoms with Crippen LogP contribution in [0, 0.1) is 5.92 Å². The molecule has 0 N–H and O–H groups in total. The molecule has 1 nitrogen and oxygen atoms in total. The molecule has 3 aromatic carbocycles. The summed E-state index contributed by atoms with van der Waals surface area (Å²) in [5, 5.41) is 0. The highest BCUT2D eigenvalue weighted by molar-refractivity contribution is 5.89. The van der Waals surface area contributed by atoms with Crippen LogP contribution in [0.2, 0.25) is 0 Å². The van der Waals surface area contributed by atoms with Crippen molar-refractivity contribution in [3.8, 4) is 16.9 Å². The van der Waals surface area contributed by atoms with Crippen molar-refractivity contribution in [3.63, 3.8) is 0 Å². The minimum absolute atomic E-state index is 0.0235. The largest absolute Gasteiger partial charge is 0.484 e. The molecule has 3 aliphatic carbocycles. The van der Waals surface area contributed by atoms with Crippen LogP contribution < -0.4 is 4.74 Å². The lowest BCUT2D eigenvalue weighted by Gasteiger charge is -2.27. The van der Waals surface area contributed by atoms with Crippen molar-refractivity contribution >= 4 is 11.1 Å². The average molecular weight is 455 g/mol. The highest BCUT2D eigenvalue weighted by Crippen LogP contribution is 2.56. The van der Waals surface area contributed by atoms with Gasteiger partial charge in [-0.25, -0.2) is 0 Å². The van der Waals surface area contributed by atoms with Gasteiger partial charge >= 0.3 is 0 Å². The first-order chi connectivity index (χ1) is 17.0. The Morgan fingerprint density at radius 3 is 2.46 bits per heavy atom. The molecule has 3 aromatic rings. The Kier molecular flexibility index (Phi) is 4.42. The Labute approximate surface area is 208 Å². The molecule has 3 unspecified atom stereocenters. The highest BCUT2D eigenvalue weighted by atomic mass is 16.5. The summed E-state index contributed by atoms with van der Waals surface area (Å²) in [5.74, 6) is 1.92. The van der Waals surface area contributed by atoms with E-state index in [4.69, 9.17) is 4.74 Å². The molecule has 0 bridgehead atoms. The van der Waals surface area contributed by atoms with E-state index in [0.29, 0.717) is 5.92 Å². The molecular formula is C34H30O. The lowest BCUT2D eigenvalue weighted by molar-refractivity contribution is 0.277. The maximum absolute atomic E-state index is 6.59. The fourth-order valence-electron chi connectivity index (χ4n) is 6.54. The van der Waals surface area contributed by atoms with Gasteiger partial charge in [0.1, 0.15) is 11.9 Å². The molecule has 0 saturated carbocycles. The summed E-state index contributed by atoms with van der Waals surface area (Å²) < 4.78 is 6.59. The average Bonchev–Trinajstić information content (AvgIpc) is 3.37. The first-order valence-corrected chi connectivity index (χ1v) is 12.8. The predicted octanol–water partition coefficient (Wildman–Crippen LogP) is 8.49. The lowest BCUT2D eigenvalue weighted by Crippen LogP contribution is -2.24. The van der Waals surface area contributed by atoms with Crippen molar-refractivity contribution in [1.82, 2.24) is 0 Å². The number of para-hydroxylation sites is 1. The molecule has 35 heavy (non-hydrogen) atoms. The second kappa shape index (κ2) is 7.46. The zero-order chi connectivity index (χ0) is 23.7. The molecule has 7 rings (SSSR count). The van der Waals surface area contributed by atoms with Crippen LogP contribution in [0.1, 0.15) is 55.4 Å². The highest BCUT2D eigenvalue weighted by Gasteiger charge is 2.46. The molecule has 0 saturated heterocycles. The van der Waals surface area contributed by atoms with E-state index in [2.05, 4.69) is 118 Å². The molecule has 1 aliphatic heterocycles. The number of fused-ring (bicyclic) bond motifs is 6. The smallest absolute Gasteiger partial charge is 0.135 e. The van der Waals surface area contributed by atoms with Gasteiger partial charge in [-0.05, 0) is 63.4 Å². The molecule has 0 fully saturated rings. The third-order valence-corrected chi connectivity index (χ3v) is 8.43. The van der Waals surface area contributed by atoms with Crippen LogP contribution in [0.3, 0.4) is 0 Å². The van der Waals surface area contributed by atoms with E-state index in [1.54, 1.807) is 0 Å². The van der Waals surface area contributed by atoms with Gasteiger partial charge in [0.2, 0.25) is 0 Å². The van der Waals surface area contributed by atoms with Crippen LogP contribution in [0.25, 0.3) is 22.3 Å². The predicted molar refractivity (Wildman–Crippen MR) is 145 cm³/mol. The Bertz CT molecular complexity index is 1480. The molecule has 1 heterocycles. The van der Waals surface area contributed by atoms with Crippen molar-refractivity contribution in [3.05, 3.63) is 125 Å². The van der Waals surface area contributed by atoms with Gasteiger partial charge in [-0.15, -0.1) is 0 Å². The Balaban J connectivity index is 1.28. The van der Waals surface area contributed by atoms with Gasteiger partial charge in [0.15, 0.2) is 0 Å². The maximum Gasteiger partial charge on any atom is 0.135 e. The van der Waals surface area contributed by atoms with Crippen LogP contribution in [-0.4, -0.2) is 6.10 Å². The molecule has 0 amide bonds. The van der Waals surface area contributed by atoms with Crippen molar-refractivity contribution < 1.29 is 4.74 Å². The van der Waals surface area contributed by atoms with Crippen molar-refractivity contribution in [2.75, 3.05) is 0 Å². The first-order valence-electron chi connectivity index (χ1n) is 12.8.